The van der Waals surface area contributed by atoms with Gasteiger partial charge in [-0.25, -0.2) is 4.39 Å². The average Bonchev–Trinajstić information content (AvgIpc) is 2.75. The minimum atomic E-state index is -0.334. The monoisotopic (exact) mass is 432 g/mol. The summed E-state index contributed by atoms with van der Waals surface area (Å²) in [5.41, 5.74) is 1.46. The number of nitrogens with zero attached hydrogens (tertiary/aromatic N) is 1. The van der Waals surface area contributed by atoms with Gasteiger partial charge in [-0.15, -0.1) is 0 Å². The van der Waals surface area contributed by atoms with Crippen molar-refractivity contribution in [3.8, 4) is 11.5 Å². The van der Waals surface area contributed by atoms with E-state index in [-0.39, 0.29) is 30.7 Å². The smallest absolute Gasteiger partial charge is 0.247 e. The Kier molecular flexibility index (Phi) is 7.30. The van der Waals surface area contributed by atoms with Gasteiger partial charge >= 0.3 is 0 Å². The summed E-state index contributed by atoms with van der Waals surface area (Å²) in [6, 6.07) is 9.29. The van der Waals surface area contributed by atoms with Crippen molar-refractivity contribution in [2.45, 2.75) is 13.5 Å². The third-order valence-electron chi connectivity index (χ3n) is 4.47. The zero-order valence-corrected chi connectivity index (χ0v) is 17.2. The van der Waals surface area contributed by atoms with E-state index in [0.717, 1.165) is 5.56 Å². The standard InChI is InChI=1S/C22H22ClFN2O4/c1-2-26(14-20(27)25-13-15-3-6-17(24)7-4-15)21(28)8-5-16-11-18(23)22-19(12-16)29-9-10-30-22/h3-8,11-12H,2,9-10,13-14H2,1H3,(H,25,27)/b8-5+. The molecule has 0 radical (unpaired) electrons. The summed E-state index contributed by atoms with van der Waals surface area (Å²) in [4.78, 5) is 26.1. The number of rotatable bonds is 7. The Bertz CT molecular complexity index is 947. The summed E-state index contributed by atoms with van der Waals surface area (Å²) in [5, 5.41) is 3.14. The van der Waals surface area contributed by atoms with Crippen molar-refractivity contribution in [3.63, 3.8) is 0 Å². The summed E-state index contributed by atoms with van der Waals surface area (Å²) in [6.45, 7) is 3.22. The fourth-order valence-electron chi connectivity index (χ4n) is 2.88. The summed E-state index contributed by atoms with van der Waals surface area (Å²) < 4.78 is 23.9. The van der Waals surface area contributed by atoms with Gasteiger partial charge in [0.1, 0.15) is 19.0 Å². The van der Waals surface area contributed by atoms with Crippen molar-refractivity contribution in [2.24, 2.45) is 0 Å². The Labute approximate surface area is 179 Å². The van der Waals surface area contributed by atoms with Gasteiger partial charge in [-0.2, -0.15) is 0 Å². The fourth-order valence-corrected chi connectivity index (χ4v) is 3.15. The highest BCUT2D eigenvalue weighted by Crippen LogP contribution is 2.38. The molecule has 1 aliphatic heterocycles. The average molecular weight is 433 g/mol. The summed E-state index contributed by atoms with van der Waals surface area (Å²) in [5.74, 6) is 0.0948. The Hall–Kier alpha value is -3.06. The highest BCUT2D eigenvalue weighted by atomic mass is 35.5. The van der Waals surface area contributed by atoms with E-state index in [0.29, 0.717) is 41.8 Å². The third kappa shape index (κ3) is 5.73. The molecule has 2 amide bonds. The first kappa shape index (κ1) is 21.6. The Balaban J connectivity index is 1.57. The van der Waals surface area contributed by atoms with Crippen LogP contribution in [-0.2, 0) is 16.1 Å². The molecule has 8 heteroatoms. The van der Waals surface area contributed by atoms with E-state index in [1.807, 2.05) is 0 Å². The molecule has 1 aliphatic rings. The summed E-state index contributed by atoms with van der Waals surface area (Å²) >= 11 is 6.21. The number of carbonyl (C=O) groups excluding carboxylic acids is 2. The van der Waals surface area contributed by atoms with Crippen LogP contribution in [-0.4, -0.2) is 43.0 Å². The zero-order valence-electron chi connectivity index (χ0n) is 16.5. The zero-order chi connectivity index (χ0) is 21.5. The van der Waals surface area contributed by atoms with Crippen LogP contribution >= 0.6 is 11.6 Å². The van der Waals surface area contributed by atoms with E-state index in [4.69, 9.17) is 21.1 Å². The predicted molar refractivity (Wildman–Crippen MR) is 112 cm³/mol. The quantitative estimate of drug-likeness (QED) is 0.681. The van der Waals surface area contributed by atoms with Crippen LogP contribution in [0.3, 0.4) is 0 Å². The van der Waals surface area contributed by atoms with Crippen molar-refractivity contribution in [2.75, 3.05) is 26.3 Å². The van der Waals surface area contributed by atoms with Gasteiger partial charge in [-0.05, 0) is 48.4 Å². The molecule has 6 nitrogen and oxygen atoms in total. The molecule has 158 valence electrons. The van der Waals surface area contributed by atoms with Crippen molar-refractivity contribution >= 4 is 29.5 Å². The van der Waals surface area contributed by atoms with E-state index in [2.05, 4.69) is 5.32 Å². The molecule has 30 heavy (non-hydrogen) atoms. The molecule has 0 unspecified atom stereocenters. The minimum Gasteiger partial charge on any atom is -0.486 e. The molecule has 2 aromatic rings. The van der Waals surface area contributed by atoms with Gasteiger partial charge in [0.15, 0.2) is 11.5 Å². The van der Waals surface area contributed by atoms with Crippen LogP contribution in [0, 0.1) is 5.82 Å². The first-order chi connectivity index (χ1) is 14.5. The largest absolute Gasteiger partial charge is 0.486 e. The number of amides is 2. The first-order valence-electron chi connectivity index (χ1n) is 9.53. The van der Waals surface area contributed by atoms with Crippen molar-refractivity contribution < 1.29 is 23.5 Å². The van der Waals surface area contributed by atoms with Crippen molar-refractivity contribution in [3.05, 3.63) is 64.4 Å². The Morgan fingerprint density at radius 1 is 1.20 bits per heavy atom. The highest BCUT2D eigenvalue weighted by Gasteiger charge is 2.17. The Morgan fingerprint density at radius 2 is 1.93 bits per heavy atom. The molecule has 1 heterocycles. The van der Waals surface area contributed by atoms with Gasteiger partial charge in [0.2, 0.25) is 11.8 Å². The predicted octanol–water partition coefficient (Wildman–Crippen LogP) is 3.43. The van der Waals surface area contributed by atoms with E-state index in [1.165, 1.54) is 23.1 Å². The second-order valence-electron chi connectivity index (χ2n) is 6.62. The van der Waals surface area contributed by atoms with Gasteiger partial charge in [0.25, 0.3) is 0 Å². The molecule has 0 aromatic heterocycles. The van der Waals surface area contributed by atoms with Crippen LogP contribution < -0.4 is 14.8 Å². The number of ether oxygens (including phenoxy) is 2. The molecule has 0 saturated carbocycles. The Morgan fingerprint density at radius 3 is 2.67 bits per heavy atom. The SMILES string of the molecule is CCN(CC(=O)NCc1ccc(F)cc1)C(=O)/C=C/c1cc(Cl)c2c(c1)OCCO2. The van der Waals surface area contributed by atoms with Crippen molar-refractivity contribution in [1.29, 1.82) is 0 Å². The lowest BCUT2D eigenvalue weighted by atomic mass is 10.1. The lowest BCUT2D eigenvalue weighted by molar-refractivity contribution is -0.132. The van der Waals surface area contributed by atoms with Crippen molar-refractivity contribution in [1.82, 2.24) is 10.2 Å². The second-order valence-corrected chi connectivity index (χ2v) is 7.02. The molecule has 0 aliphatic carbocycles. The molecule has 2 aromatic carbocycles. The van der Waals surface area contributed by atoms with Crippen LogP contribution in [0.2, 0.25) is 5.02 Å². The molecule has 0 fully saturated rings. The molecular formula is C22H22ClFN2O4. The van der Waals surface area contributed by atoms with Crippen LogP contribution in [0.1, 0.15) is 18.1 Å². The van der Waals surface area contributed by atoms with E-state index in [1.54, 1.807) is 37.3 Å². The van der Waals surface area contributed by atoms with Gasteiger partial charge in [0, 0.05) is 19.2 Å². The number of hydrogen-bond donors (Lipinski definition) is 1. The number of halogens is 2. The van der Waals surface area contributed by atoms with E-state index < -0.39 is 0 Å². The number of carbonyl (C=O) groups is 2. The normalized spacial score (nSPS) is 12.6. The molecule has 0 atom stereocenters. The number of fused-ring (bicyclic) bond motifs is 1. The number of likely N-dealkylation sites (N-methyl/N-ethyl adjacent to an activating group) is 1. The van der Waals surface area contributed by atoms with Crippen LogP contribution in [0.15, 0.2) is 42.5 Å². The van der Waals surface area contributed by atoms with Gasteiger partial charge in [-0.1, -0.05) is 23.7 Å². The lowest BCUT2D eigenvalue weighted by Gasteiger charge is -2.20. The molecule has 3 rings (SSSR count). The van der Waals surface area contributed by atoms with E-state index >= 15 is 0 Å². The van der Waals surface area contributed by atoms with Crippen LogP contribution in [0.25, 0.3) is 6.08 Å². The van der Waals surface area contributed by atoms with Crippen LogP contribution in [0.4, 0.5) is 4.39 Å². The topological polar surface area (TPSA) is 67.9 Å². The molecule has 1 N–H and O–H groups in total. The highest BCUT2D eigenvalue weighted by molar-refractivity contribution is 6.32. The number of nitrogens with one attached hydrogen (secondary N) is 1. The lowest BCUT2D eigenvalue weighted by Crippen LogP contribution is -2.39. The van der Waals surface area contributed by atoms with E-state index in [9.17, 15) is 14.0 Å². The maximum absolute atomic E-state index is 12.9. The first-order valence-corrected chi connectivity index (χ1v) is 9.91. The maximum atomic E-state index is 12.9. The molecule has 0 spiro atoms. The fraction of sp³-hybridized carbons (Fsp3) is 0.273. The second kappa shape index (κ2) is 10.1. The minimum absolute atomic E-state index is 0.0806. The molecule has 0 saturated heterocycles. The summed E-state index contributed by atoms with van der Waals surface area (Å²) in [7, 11) is 0. The van der Waals surface area contributed by atoms with Gasteiger partial charge in [-0.3, -0.25) is 9.59 Å². The maximum Gasteiger partial charge on any atom is 0.247 e. The number of hydrogen-bond acceptors (Lipinski definition) is 4. The van der Waals surface area contributed by atoms with Crippen LogP contribution in [0.5, 0.6) is 11.5 Å². The molecule has 0 bridgehead atoms. The summed E-state index contributed by atoms with van der Waals surface area (Å²) in [6.07, 6.45) is 3.00. The third-order valence-corrected chi connectivity index (χ3v) is 4.75. The van der Waals surface area contributed by atoms with Gasteiger partial charge in [0.05, 0.1) is 11.6 Å². The molecular weight excluding hydrogens is 411 g/mol. The van der Waals surface area contributed by atoms with Gasteiger partial charge < -0.3 is 19.7 Å². The number of benzene rings is 2.